The molecule has 0 radical (unpaired) electrons. The zero-order valence-electron chi connectivity index (χ0n) is 14.1. The van der Waals surface area contributed by atoms with Crippen LogP contribution in [0.2, 0.25) is 0 Å². The minimum Gasteiger partial charge on any atom is -0.354 e. The average molecular weight is 333 g/mol. The molecule has 0 aromatic carbocycles. The second kappa shape index (κ2) is 8.28. The Bertz CT molecular complexity index is 545. The number of aromatic nitrogens is 2. The third-order valence-corrected chi connectivity index (χ3v) is 4.92. The monoisotopic (exact) mass is 333 g/mol. The van der Waals surface area contributed by atoms with Gasteiger partial charge in [0.05, 0.1) is 13.1 Å². The van der Waals surface area contributed by atoms with Crippen molar-refractivity contribution in [1.29, 1.82) is 0 Å². The van der Waals surface area contributed by atoms with E-state index in [1.807, 2.05) is 16.9 Å². The van der Waals surface area contributed by atoms with E-state index in [0.717, 1.165) is 45.2 Å². The van der Waals surface area contributed by atoms with Crippen LogP contribution >= 0.6 is 0 Å². The highest BCUT2D eigenvalue weighted by molar-refractivity contribution is 5.88. The molecule has 7 heteroatoms. The Balaban J connectivity index is 1.54. The number of carbonyl (C=O) groups excluding carboxylic acids is 2. The van der Waals surface area contributed by atoms with Gasteiger partial charge in [-0.15, -0.1) is 0 Å². The number of nitrogens with one attached hydrogen (secondary N) is 2. The Morgan fingerprint density at radius 1 is 1.29 bits per heavy atom. The van der Waals surface area contributed by atoms with Crippen molar-refractivity contribution < 1.29 is 9.59 Å². The van der Waals surface area contributed by atoms with Gasteiger partial charge in [-0.05, 0) is 44.7 Å². The van der Waals surface area contributed by atoms with Crippen LogP contribution in [0.15, 0.2) is 18.5 Å². The normalized spacial score (nSPS) is 25.8. The Labute approximate surface area is 142 Å². The second-order valence-corrected chi connectivity index (χ2v) is 6.76. The summed E-state index contributed by atoms with van der Waals surface area (Å²) in [4.78, 5) is 26.6. The van der Waals surface area contributed by atoms with Crippen molar-refractivity contribution in [2.75, 3.05) is 19.6 Å². The summed E-state index contributed by atoms with van der Waals surface area (Å²) in [5, 5.41) is 10.1. The van der Waals surface area contributed by atoms with Gasteiger partial charge in [0.25, 0.3) is 0 Å². The molecule has 24 heavy (non-hydrogen) atoms. The first-order valence-corrected chi connectivity index (χ1v) is 9.01. The second-order valence-electron chi connectivity index (χ2n) is 6.76. The molecule has 0 unspecified atom stereocenters. The van der Waals surface area contributed by atoms with Gasteiger partial charge in [0, 0.05) is 25.0 Å². The summed E-state index contributed by atoms with van der Waals surface area (Å²) >= 11 is 0. The van der Waals surface area contributed by atoms with Crippen molar-refractivity contribution in [2.24, 2.45) is 0 Å². The van der Waals surface area contributed by atoms with Gasteiger partial charge in [0.1, 0.15) is 6.04 Å². The molecule has 3 heterocycles. The van der Waals surface area contributed by atoms with Crippen LogP contribution in [0.4, 0.5) is 0 Å². The van der Waals surface area contributed by atoms with Crippen LogP contribution in [0.1, 0.15) is 38.5 Å². The number of nitrogens with zero attached hydrogens (tertiary/aromatic N) is 3. The van der Waals surface area contributed by atoms with Gasteiger partial charge in [-0.3, -0.25) is 19.2 Å². The smallest absolute Gasteiger partial charge is 0.242 e. The molecule has 2 saturated heterocycles. The van der Waals surface area contributed by atoms with E-state index in [0.29, 0.717) is 19.1 Å². The highest BCUT2D eigenvalue weighted by Crippen LogP contribution is 2.18. The summed E-state index contributed by atoms with van der Waals surface area (Å²) in [6.45, 7) is 2.80. The van der Waals surface area contributed by atoms with E-state index in [2.05, 4.69) is 20.6 Å². The van der Waals surface area contributed by atoms with Gasteiger partial charge in [-0.2, -0.15) is 5.10 Å². The van der Waals surface area contributed by atoms with Crippen LogP contribution in [0, 0.1) is 0 Å². The van der Waals surface area contributed by atoms with Gasteiger partial charge in [0.15, 0.2) is 0 Å². The molecule has 7 nitrogen and oxygen atoms in total. The number of hydrogen-bond acceptors (Lipinski definition) is 4. The van der Waals surface area contributed by atoms with Crippen molar-refractivity contribution in [3.8, 4) is 0 Å². The quantitative estimate of drug-likeness (QED) is 0.823. The third-order valence-electron chi connectivity index (χ3n) is 4.92. The Morgan fingerprint density at radius 2 is 2.17 bits per heavy atom. The Morgan fingerprint density at radius 3 is 3.00 bits per heavy atom. The van der Waals surface area contributed by atoms with Crippen LogP contribution in [-0.2, 0) is 16.1 Å². The van der Waals surface area contributed by atoms with E-state index >= 15 is 0 Å². The number of likely N-dealkylation sites (tertiary alicyclic amines) is 1. The molecule has 0 bridgehead atoms. The molecule has 1 aromatic heterocycles. The molecule has 2 aliphatic rings. The van der Waals surface area contributed by atoms with E-state index in [9.17, 15) is 9.59 Å². The van der Waals surface area contributed by atoms with Gasteiger partial charge in [-0.25, -0.2) is 0 Å². The zero-order chi connectivity index (χ0) is 16.8. The number of hydrogen-bond donors (Lipinski definition) is 2. The maximum atomic E-state index is 12.4. The van der Waals surface area contributed by atoms with Crippen LogP contribution in [0.25, 0.3) is 0 Å². The molecule has 1 aromatic rings. The van der Waals surface area contributed by atoms with Gasteiger partial charge >= 0.3 is 0 Å². The molecule has 0 saturated carbocycles. The van der Waals surface area contributed by atoms with E-state index in [1.165, 1.54) is 6.42 Å². The maximum absolute atomic E-state index is 12.4. The molecule has 3 rings (SSSR count). The lowest BCUT2D eigenvalue weighted by Crippen LogP contribution is -2.51. The minimum atomic E-state index is -0.380. The fourth-order valence-corrected chi connectivity index (χ4v) is 3.60. The molecule has 2 fully saturated rings. The van der Waals surface area contributed by atoms with Crippen molar-refractivity contribution in [3.05, 3.63) is 18.5 Å². The fourth-order valence-electron chi connectivity index (χ4n) is 3.60. The standard InChI is InChI=1S/C17H27N5O2/c23-16(20-15-7-1-3-8-18-17(15)24)13-21-10-4-2-6-14(21)12-22-11-5-9-19-22/h5,9,11,14-15H,1-4,6-8,10,12-13H2,(H,18,24)(H,20,23)/t14-,15+/m1/s1. The van der Waals surface area contributed by atoms with E-state index < -0.39 is 0 Å². The predicted molar refractivity (Wildman–Crippen MR) is 90.2 cm³/mol. The summed E-state index contributed by atoms with van der Waals surface area (Å²) in [6, 6.07) is 1.87. The molecule has 0 spiro atoms. The van der Waals surface area contributed by atoms with Crippen molar-refractivity contribution in [2.45, 2.75) is 57.2 Å². The van der Waals surface area contributed by atoms with E-state index in [1.54, 1.807) is 6.20 Å². The van der Waals surface area contributed by atoms with Crippen molar-refractivity contribution in [3.63, 3.8) is 0 Å². The number of carbonyl (C=O) groups is 2. The van der Waals surface area contributed by atoms with Gasteiger partial charge < -0.3 is 10.6 Å². The topological polar surface area (TPSA) is 79.3 Å². The summed E-state index contributed by atoms with van der Waals surface area (Å²) in [5.41, 5.74) is 0. The first kappa shape index (κ1) is 17.0. The predicted octanol–water partition coefficient (Wildman–Crippen LogP) is 0.523. The van der Waals surface area contributed by atoms with Gasteiger partial charge in [0.2, 0.25) is 11.8 Å². The fraction of sp³-hybridized carbons (Fsp3) is 0.706. The highest BCUT2D eigenvalue weighted by Gasteiger charge is 2.27. The number of piperidine rings is 1. The lowest BCUT2D eigenvalue weighted by atomic mass is 10.0. The van der Waals surface area contributed by atoms with Crippen molar-refractivity contribution in [1.82, 2.24) is 25.3 Å². The van der Waals surface area contributed by atoms with E-state index in [-0.39, 0.29) is 17.9 Å². The van der Waals surface area contributed by atoms with Crippen LogP contribution in [-0.4, -0.2) is 58.2 Å². The number of amides is 2. The molecule has 2 N–H and O–H groups in total. The average Bonchev–Trinajstić information content (AvgIpc) is 3.00. The molecule has 2 amide bonds. The van der Waals surface area contributed by atoms with E-state index in [4.69, 9.17) is 0 Å². The summed E-state index contributed by atoms with van der Waals surface area (Å²) in [6.07, 6.45) is 9.81. The largest absolute Gasteiger partial charge is 0.354 e. The first-order valence-electron chi connectivity index (χ1n) is 9.01. The summed E-state index contributed by atoms with van der Waals surface area (Å²) in [7, 11) is 0. The lowest BCUT2D eigenvalue weighted by Gasteiger charge is -2.35. The summed E-state index contributed by atoms with van der Waals surface area (Å²) < 4.78 is 1.93. The van der Waals surface area contributed by atoms with Crippen LogP contribution in [0.3, 0.4) is 0 Å². The van der Waals surface area contributed by atoms with Gasteiger partial charge in [-0.1, -0.05) is 6.42 Å². The SMILES string of the molecule is O=C(CN1CCCC[C@@H]1Cn1cccn1)N[C@H]1CCCCNC1=O. The molecule has 132 valence electrons. The third kappa shape index (κ3) is 4.56. The van der Waals surface area contributed by atoms with Crippen LogP contribution < -0.4 is 10.6 Å². The zero-order valence-corrected chi connectivity index (χ0v) is 14.1. The maximum Gasteiger partial charge on any atom is 0.242 e. The Hall–Kier alpha value is -1.89. The number of rotatable bonds is 5. The lowest BCUT2D eigenvalue weighted by molar-refractivity contribution is -0.130. The van der Waals surface area contributed by atoms with Crippen molar-refractivity contribution >= 4 is 11.8 Å². The molecule has 2 aliphatic heterocycles. The Kier molecular flexibility index (Phi) is 5.85. The molecular formula is C17H27N5O2. The summed E-state index contributed by atoms with van der Waals surface area (Å²) in [5.74, 6) is -0.1000. The first-order chi connectivity index (χ1) is 11.7. The molecule has 0 aliphatic carbocycles. The molecular weight excluding hydrogens is 306 g/mol. The highest BCUT2D eigenvalue weighted by atomic mass is 16.2. The molecule has 2 atom stereocenters. The minimum absolute atomic E-state index is 0.0485. The van der Waals surface area contributed by atoms with Crippen LogP contribution in [0.5, 0.6) is 0 Å².